The van der Waals surface area contributed by atoms with E-state index in [-0.39, 0.29) is 0 Å². The molecule has 2 rings (SSSR count). The van der Waals surface area contributed by atoms with Gasteiger partial charge in [-0.05, 0) is 51.1 Å². The Hall–Kier alpha value is -1.10. The van der Waals surface area contributed by atoms with Gasteiger partial charge in [-0.2, -0.15) is 0 Å². The van der Waals surface area contributed by atoms with E-state index in [2.05, 4.69) is 53.2 Å². The summed E-state index contributed by atoms with van der Waals surface area (Å²) < 4.78 is 5.37. The van der Waals surface area contributed by atoms with Crippen molar-refractivity contribution in [1.29, 1.82) is 0 Å². The van der Waals surface area contributed by atoms with Gasteiger partial charge in [-0.15, -0.1) is 0 Å². The first kappa shape index (κ1) is 17.3. The molecule has 1 heterocycles. The molecule has 0 saturated carbocycles. The first-order valence-electron chi connectivity index (χ1n) is 8.68. The minimum atomic E-state index is 0.895. The van der Waals surface area contributed by atoms with Gasteiger partial charge in [0, 0.05) is 38.4 Å². The van der Waals surface area contributed by atoms with Gasteiger partial charge in [0.2, 0.25) is 0 Å². The van der Waals surface area contributed by atoms with E-state index in [1.807, 2.05) is 0 Å². The van der Waals surface area contributed by atoms with E-state index in [9.17, 15) is 0 Å². The van der Waals surface area contributed by atoms with Gasteiger partial charge in [-0.3, -0.25) is 4.90 Å². The average Bonchev–Trinajstić information content (AvgIpc) is 2.58. The van der Waals surface area contributed by atoms with Gasteiger partial charge in [-0.1, -0.05) is 12.1 Å². The summed E-state index contributed by atoms with van der Waals surface area (Å²) in [5.41, 5.74) is 2.68. The second kappa shape index (κ2) is 9.82. The predicted octanol–water partition coefficient (Wildman–Crippen LogP) is 2.34. The molecule has 0 spiro atoms. The molecule has 1 aliphatic rings. The summed E-state index contributed by atoms with van der Waals surface area (Å²) in [7, 11) is 0. The van der Waals surface area contributed by atoms with Crippen molar-refractivity contribution in [3.8, 4) is 0 Å². The summed E-state index contributed by atoms with van der Waals surface area (Å²) in [6.07, 6.45) is 1.21. The van der Waals surface area contributed by atoms with Crippen molar-refractivity contribution in [2.24, 2.45) is 0 Å². The Labute approximate surface area is 135 Å². The van der Waals surface area contributed by atoms with Crippen LogP contribution in [0.4, 0.5) is 5.69 Å². The van der Waals surface area contributed by atoms with Crippen molar-refractivity contribution < 1.29 is 4.74 Å². The molecule has 0 amide bonds. The number of morpholine rings is 1. The molecule has 4 nitrogen and oxygen atoms in total. The fourth-order valence-corrected chi connectivity index (χ4v) is 2.90. The van der Waals surface area contributed by atoms with Crippen LogP contribution in [0.15, 0.2) is 24.3 Å². The van der Waals surface area contributed by atoms with Crippen LogP contribution in [-0.4, -0.2) is 57.4 Å². The molecule has 0 bridgehead atoms. The predicted molar refractivity (Wildman–Crippen MR) is 93.6 cm³/mol. The van der Waals surface area contributed by atoms with Crippen LogP contribution in [0, 0.1) is 0 Å². The van der Waals surface area contributed by atoms with Gasteiger partial charge in [0.05, 0.1) is 13.2 Å². The maximum absolute atomic E-state index is 5.37. The molecule has 1 aliphatic heterocycles. The Bertz CT molecular complexity index is 397. The minimum absolute atomic E-state index is 0.895. The third kappa shape index (κ3) is 5.59. The van der Waals surface area contributed by atoms with E-state index < -0.39 is 0 Å². The van der Waals surface area contributed by atoms with Crippen LogP contribution in [0.25, 0.3) is 0 Å². The number of benzene rings is 1. The molecule has 0 radical (unpaired) electrons. The van der Waals surface area contributed by atoms with E-state index >= 15 is 0 Å². The zero-order chi connectivity index (χ0) is 15.6. The van der Waals surface area contributed by atoms with E-state index in [0.717, 1.165) is 52.5 Å². The highest BCUT2D eigenvalue weighted by Crippen LogP contribution is 2.14. The van der Waals surface area contributed by atoms with Crippen molar-refractivity contribution in [3.63, 3.8) is 0 Å². The summed E-state index contributed by atoms with van der Waals surface area (Å²) >= 11 is 0. The molecular weight excluding hydrogens is 274 g/mol. The molecule has 1 aromatic carbocycles. The number of ether oxygens (including phenoxy) is 1. The number of nitrogens with one attached hydrogen (secondary N) is 1. The molecule has 0 atom stereocenters. The fraction of sp³-hybridized carbons (Fsp3) is 0.667. The first-order chi connectivity index (χ1) is 10.8. The maximum atomic E-state index is 5.37. The van der Waals surface area contributed by atoms with E-state index in [1.54, 1.807) is 0 Å². The van der Waals surface area contributed by atoms with Gasteiger partial charge < -0.3 is 15.0 Å². The Morgan fingerprint density at radius 3 is 2.41 bits per heavy atom. The molecule has 0 aliphatic carbocycles. The SMILES string of the molecule is CCN(CC)c1ccc(CNCCCN2CCOCC2)cc1. The molecule has 22 heavy (non-hydrogen) atoms. The molecule has 124 valence electrons. The lowest BCUT2D eigenvalue weighted by molar-refractivity contribution is 0.0374. The largest absolute Gasteiger partial charge is 0.379 e. The van der Waals surface area contributed by atoms with Crippen LogP contribution in [0.1, 0.15) is 25.8 Å². The molecule has 1 N–H and O–H groups in total. The van der Waals surface area contributed by atoms with E-state index in [1.165, 1.54) is 24.2 Å². The first-order valence-corrected chi connectivity index (χ1v) is 8.68. The zero-order valence-electron chi connectivity index (χ0n) is 14.2. The van der Waals surface area contributed by atoms with Gasteiger partial charge in [-0.25, -0.2) is 0 Å². The van der Waals surface area contributed by atoms with Crippen LogP contribution in [-0.2, 0) is 11.3 Å². The third-order valence-corrected chi connectivity index (χ3v) is 4.33. The second-order valence-corrected chi connectivity index (χ2v) is 5.82. The summed E-state index contributed by atoms with van der Waals surface area (Å²) in [5, 5.41) is 3.55. The summed E-state index contributed by atoms with van der Waals surface area (Å²) in [4.78, 5) is 4.86. The van der Waals surface area contributed by atoms with Crippen LogP contribution in [0.5, 0.6) is 0 Å². The van der Waals surface area contributed by atoms with Gasteiger partial charge >= 0.3 is 0 Å². The van der Waals surface area contributed by atoms with Crippen LogP contribution < -0.4 is 10.2 Å². The minimum Gasteiger partial charge on any atom is -0.379 e. The summed E-state index contributed by atoms with van der Waals surface area (Å²) in [5.74, 6) is 0. The number of rotatable bonds is 9. The van der Waals surface area contributed by atoms with Gasteiger partial charge in [0.15, 0.2) is 0 Å². The lowest BCUT2D eigenvalue weighted by Gasteiger charge is -2.26. The lowest BCUT2D eigenvalue weighted by Crippen LogP contribution is -2.37. The number of hydrogen-bond acceptors (Lipinski definition) is 4. The highest BCUT2D eigenvalue weighted by atomic mass is 16.5. The van der Waals surface area contributed by atoms with Crippen LogP contribution in [0.3, 0.4) is 0 Å². The Morgan fingerprint density at radius 2 is 1.77 bits per heavy atom. The van der Waals surface area contributed by atoms with E-state index in [0.29, 0.717) is 0 Å². The number of hydrogen-bond donors (Lipinski definition) is 1. The third-order valence-electron chi connectivity index (χ3n) is 4.33. The van der Waals surface area contributed by atoms with Crippen LogP contribution in [0.2, 0.25) is 0 Å². The highest BCUT2D eigenvalue weighted by molar-refractivity contribution is 5.47. The molecule has 0 unspecified atom stereocenters. The van der Waals surface area contributed by atoms with Crippen molar-refractivity contribution >= 4 is 5.69 Å². The molecular formula is C18H31N3O. The average molecular weight is 305 g/mol. The smallest absolute Gasteiger partial charge is 0.0594 e. The molecule has 1 fully saturated rings. The topological polar surface area (TPSA) is 27.7 Å². The molecule has 4 heteroatoms. The Kier molecular flexibility index (Phi) is 7.71. The normalized spacial score (nSPS) is 15.9. The van der Waals surface area contributed by atoms with Gasteiger partial charge in [0.1, 0.15) is 0 Å². The standard InChI is InChI=1S/C18H31N3O/c1-3-21(4-2)18-8-6-17(7-9-18)16-19-10-5-11-20-12-14-22-15-13-20/h6-9,19H,3-5,10-16H2,1-2H3. The Balaban J connectivity index is 1.62. The Morgan fingerprint density at radius 1 is 1.09 bits per heavy atom. The molecule has 1 aromatic rings. The second-order valence-electron chi connectivity index (χ2n) is 5.82. The monoisotopic (exact) mass is 305 g/mol. The maximum Gasteiger partial charge on any atom is 0.0594 e. The summed E-state index contributed by atoms with van der Waals surface area (Å²) in [6.45, 7) is 13.7. The quantitative estimate of drug-likeness (QED) is 0.709. The van der Waals surface area contributed by atoms with E-state index in [4.69, 9.17) is 4.74 Å². The number of nitrogens with zero attached hydrogens (tertiary/aromatic N) is 2. The highest BCUT2D eigenvalue weighted by Gasteiger charge is 2.08. The van der Waals surface area contributed by atoms with Crippen molar-refractivity contribution in [2.45, 2.75) is 26.8 Å². The number of anilines is 1. The molecule has 1 saturated heterocycles. The molecule has 0 aromatic heterocycles. The zero-order valence-corrected chi connectivity index (χ0v) is 14.2. The fourth-order valence-electron chi connectivity index (χ4n) is 2.90. The van der Waals surface area contributed by atoms with Crippen molar-refractivity contribution in [1.82, 2.24) is 10.2 Å². The van der Waals surface area contributed by atoms with Crippen LogP contribution >= 0.6 is 0 Å². The lowest BCUT2D eigenvalue weighted by atomic mass is 10.2. The summed E-state index contributed by atoms with van der Waals surface area (Å²) in [6, 6.07) is 8.95. The van der Waals surface area contributed by atoms with Crippen molar-refractivity contribution in [3.05, 3.63) is 29.8 Å². The van der Waals surface area contributed by atoms with Crippen molar-refractivity contribution in [2.75, 3.05) is 57.4 Å². The van der Waals surface area contributed by atoms with Gasteiger partial charge in [0.25, 0.3) is 0 Å².